The SMILES string of the molecule is Cc1cc(NC(=O)C(N)=O)on1. The van der Waals surface area contributed by atoms with E-state index in [-0.39, 0.29) is 5.88 Å². The third-order valence-corrected chi connectivity index (χ3v) is 1.09. The summed E-state index contributed by atoms with van der Waals surface area (Å²) in [6.07, 6.45) is 0. The Morgan fingerprint density at radius 3 is 2.75 bits per heavy atom. The summed E-state index contributed by atoms with van der Waals surface area (Å²) in [5.74, 6) is -1.88. The van der Waals surface area contributed by atoms with E-state index in [2.05, 4.69) is 20.7 Å². The van der Waals surface area contributed by atoms with Gasteiger partial charge in [-0.15, -0.1) is 0 Å². The number of hydrogen-bond acceptors (Lipinski definition) is 4. The molecule has 0 saturated heterocycles. The number of carbonyl (C=O) groups excluding carboxylic acids is 2. The highest BCUT2D eigenvalue weighted by Crippen LogP contribution is 2.07. The zero-order valence-electron chi connectivity index (χ0n) is 6.33. The van der Waals surface area contributed by atoms with Gasteiger partial charge in [0.1, 0.15) is 0 Å². The van der Waals surface area contributed by atoms with Crippen LogP contribution in [0.2, 0.25) is 0 Å². The summed E-state index contributed by atoms with van der Waals surface area (Å²) >= 11 is 0. The molecule has 3 N–H and O–H groups in total. The van der Waals surface area contributed by atoms with Gasteiger partial charge in [-0.05, 0) is 6.92 Å². The second-order valence-electron chi connectivity index (χ2n) is 2.15. The van der Waals surface area contributed by atoms with Gasteiger partial charge in [0.2, 0.25) is 5.88 Å². The summed E-state index contributed by atoms with van der Waals surface area (Å²) < 4.78 is 4.60. The summed E-state index contributed by atoms with van der Waals surface area (Å²) in [6, 6.07) is 1.47. The van der Waals surface area contributed by atoms with Crippen LogP contribution in [0.3, 0.4) is 0 Å². The lowest BCUT2D eigenvalue weighted by Gasteiger charge is -1.93. The monoisotopic (exact) mass is 169 g/mol. The summed E-state index contributed by atoms with van der Waals surface area (Å²) in [4.78, 5) is 20.9. The molecule has 2 amide bonds. The van der Waals surface area contributed by atoms with Crippen LogP contribution in [0.25, 0.3) is 0 Å². The fourth-order valence-electron chi connectivity index (χ4n) is 0.596. The van der Waals surface area contributed by atoms with Crippen LogP contribution in [0.1, 0.15) is 5.69 Å². The molecule has 1 rings (SSSR count). The van der Waals surface area contributed by atoms with Gasteiger partial charge in [-0.2, -0.15) is 0 Å². The topological polar surface area (TPSA) is 98.2 Å². The van der Waals surface area contributed by atoms with Crippen molar-refractivity contribution in [3.63, 3.8) is 0 Å². The molecule has 1 aromatic heterocycles. The maximum atomic E-state index is 10.6. The van der Waals surface area contributed by atoms with Gasteiger partial charge in [0.05, 0.1) is 5.69 Å². The zero-order valence-corrected chi connectivity index (χ0v) is 6.33. The molecule has 6 heteroatoms. The first-order chi connectivity index (χ1) is 5.59. The van der Waals surface area contributed by atoms with Gasteiger partial charge in [-0.1, -0.05) is 5.16 Å². The van der Waals surface area contributed by atoms with Gasteiger partial charge in [0.25, 0.3) is 0 Å². The summed E-state index contributed by atoms with van der Waals surface area (Å²) in [5, 5.41) is 5.61. The van der Waals surface area contributed by atoms with Crippen LogP contribution in [0.5, 0.6) is 0 Å². The van der Waals surface area contributed by atoms with Crippen molar-refractivity contribution in [2.45, 2.75) is 6.92 Å². The van der Waals surface area contributed by atoms with Gasteiger partial charge >= 0.3 is 11.8 Å². The van der Waals surface area contributed by atoms with Crippen LogP contribution in [-0.2, 0) is 9.59 Å². The molecule has 0 spiro atoms. The molecule has 0 radical (unpaired) electrons. The Kier molecular flexibility index (Phi) is 2.09. The van der Waals surface area contributed by atoms with Crippen molar-refractivity contribution in [1.82, 2.24) is 5.16 Å². The minimum absolute atomic E-state index is 0.108. The highest BCUT2D eigenvalue weighted by Gasteiger charge is 2.10. The van der Waals surface area contributed by atoms with Gasteiger partial charge in [-0.25, -0.2) is 0 Å². The minimum Gasteiger partial charge on any atom is -0.361 e. The van der Waals surface area contributed by atoms with E-state index >= 15 is 0 Å². The molecule has 0 unspecified atom stereocenters. The van der Waals surface area contributed by atoms with Crippen molar-refractivity contribution < 1.29 is 14.1 Å². The second-order valence-corrected chi connectivity index (χ2v) is 2.15. The quantitative estimate of drug-likeness (QED) is 0.548. The molecule has 0 aliphatic carbocycles. The zero-order chi connectivity index (χ0) is 9.14. The average Bonchev–Trinajstić information content (AvgIpc) is 2.35. The molecule has 6 nitrogen and oxygen atoms in total. The lowest BCUT2D eigenvalue weighted by molar-refractivity contribution is -0.134. The maximum absolute atomic E-state index is 10.6. The van der Waals surface area contributed by atoms with Crippen LogP contribution in [0.4, 0.5) is 5.88 Å². The first-order valence-corrected chi connectivity index (χ1v) is 3.13. The Morgan fingerprint density at radius 2 is 2.33 bits per heavy atom. The first kappa shape index (κ1) is 8.25. The molecule has 0 aromatic carbocycles. The number of carbonyl (C=O) groups is 2. The van der Waals surface area contributed by atoms with Gasteiger partial charge in [0, 0.05) is 6.07 Å². The number of hydrogen-bond donors (Lipinski definition) is 2. The third kappa shape index (κ3) is 1.82. The lowest BCUT2D eigenvalue weighted by Crippen LogP contribution is -2.29. The Hall–Kier alpha value is -1.85. The Morgan fingerprint density at radius 1 is 1.67 bits per heavy atom. The van der Waals surface area contributed by atoms with Crippen molar-refractivity contribution in [3.8, 4) is 0 Å². The average molecular weight is 169 g/mol. The van der Waals surface area contributed by atoms with Crippen molar-refractivity contribution in [1.29, 1.82) is 0 Å². The molecule has 0 atom stereocenters. The van der Waals surface area contributed by atoms with Crippen LogP contribution in [0, 0.1) is 6.92 Å². The van der Waals surface area contributed by atoms with E-state index in [0.717, 1.165) is 0 Å². The normalized spacial score (nSPS) is 9.42. The van der Waals surface area contributed by atoms with Gasteiger partial charge < -0.3 is 10.3 Å². The van der Waals surface area contributed by atoms with Crippen molar-refractivity contribution in [2.24, 2.45) is 5.73 Å². The summed E-state index contributed by atoms with van der Waals surface area (Å²) in [5.41, 5.74) is 5.28. The molecule has 12 heavy (non-hydrogen) atoms. The van der Waals surface area contributed by atoms with E-state index in [0.29, 0.717) is 5.69 Å². The number of primary amides is 1. The summed E-state index contributed by atoms with van der Waals surface area (Å²) in [7, 11) is 0. The maximum Gasteiger partial charge on any atom is 0.315 e. The molecule has 64 valence electrons. The predicted molar refractivity (Wildman–Crippen MR) is 39.1 cm³/mol. The van der Waals surface area contributed by atoms with Gasteiger partial charge in [0.15, 0.2) is 0 Å². The van der Waals surface area contributed by atoms with E-state index in [1.165, 1.54) is 6.07 Å². The summed E-state index contributed by atoms with van der Waals surface area (Å²) in [6.45, 7) is 1.68. The van der Waals surface area contributed by atoms with Crippen LogP contribution >= 0.6 is 0 Å². The molecule has 1 heterocycles. The molecule has 0 bridgehead atoms. The highest BCUT2D eigenvalue weighted by molar-refractivity contribution is 6.38. The third-order valence-electron chi connectivity index (χ3n) is 1.09. The fraction of sp³-hybridized carbons (Fsp3) is 0.167. The molecular weight excluding hydrogens is 162 g/mol. The van der Waals surface area contributed by atoms with E-state index in [1.807, 2.05) is 0 Å². The predicted octanol–water partition coefficient (Wildman–Crippen LogP) is -0.593. The van der Waals surface area contributed by atoms with Gasteiger partial charge in [-0.3, -0.25) is 14.9 Å². The molecule has 0 aliphatic rings. The number of nitrogens with zero attached hydrogens (tertiary/aromatic N) is 1. The number of aryl methyl sites for hydroxylation is 1. The largest absolute Gasteiger partial charge is 0.361 e. The van der Waals surface area contributed by atoms with Crippen molar-refractivity contribution in [2.75, 3.05) is 5.32 Å². The number of nitrogens with two attached hydrogens (primary N) is 1. The first-order valence-electron chi connectivity index (χ1n) is 3.13. The lowest BCUT2D eigenvalue weighted by atomic mass is 10.4. The fourth-order valence-corrected chi connectivity index (χ4v) is 0.596. The van der Waals surface area contributed by atoms with Crippen LogP contribution < -0.4 is 11.1 Å². The van der Waals surface area contributed by atoms with Crippen LogP contribution in [-0.4, -0.2) is 17.0 Å². The van der Waals surface area contributed by atoms with Crippen molar-refractivity contribution >= 4 is 17.7 Å². The molecule has 0 saturated carbocycles. The number of amides is 2. The Bertz CT molecular complexity index is 318. The van der Waals surface area contributed by atoms with E-state index in [9.17, 15) is 9.59 Å². The molecular formula is C6H7N3O3. The Balaban J connectivity index is 2.64. The number of aromatic nitrogens is 1. The smallest absolute Gasteiger partial charge is 0.315 e. The van der Waals surface area contributed by atoms with Crippen molar-refractivity contribution in [3.05, 3.63) is 11.8 Å². The number of anilines is 1. The van der Waals surface area contributed by atoms with E-state index < -0.39 is 11.8 Å². The highest BCUT2D eigenvalue weighted by atomic mass is 16.5. The molecule has 0 aliphatic heterocycles. The van der Waals surface area contributed by atoms with Crippen LogP contribution in [0.15, 0.2) is 10.6 Å². The van der Waals surface area contributed by atoms with E-state index in [4.69, 9.17) is 0 Å². The standard InChI is InChI=1S/C6H7N3O3/c1-3-2-4(12-9-3)8-6(11)5(7)10/h2H,1H3,(H2,7,10)(H,8,11). The Labute approximate surface area is 67.7 Å². The second kappa shape index (κ2) is 3.04. The minimum atomic E-state index is -1.07. The number of nitrogens with one attached hydrogen (secondary N) is 1. The molecule has 0 fully saturated rings. The van der Waals surface area contributed by atoms with E-state index in [1.54, 1.807) is 6.92 Å². The molecule has 1 aromatic rings. The number of rotatable bonds is 1.